The van der Waals surface area contributed by atoms with Crippen molar-refractivity contribution in [3.63, 3.8) is 0 Å². The van der Waals surface area contributed by atoms with E-state index < -0.39 is 5.54 Å². The van der Waals surface area contributed by atoms with Gasteiger partial charge >= 0.3 is 0 Å². The van der Waals surface area contributed by atoms with E-state index in [-0.39, 0.29) is 36.6 Å². The van der Waals surface area contributed by atoms with Crippen molar-refractivity contribution in [1.82, 2.24) is 10.2 Å². The van der Waals surface area contributed by atoms with Gasteiger partial charge in [0.05, 0.1) is 20.1 Å². The molecule has 1 saturated heterocycles. The predicted octanol–water partition coefficient (Wildman–Crippen LogP) is 1.37. The topological polar surface area (TPSA) is 93.9 Å². The lowest BCUT2D eigenvalue weighted by Crippen LogP contribution is -2.46. The van der Waals surface area contributed by atoms with E-state index in [2.05, 4.69) is 5.32 Å². The zero-order valence-electron chi connectivity index (χ0n) is 16.4. The van der Waals surface area contributed by atoms with E-state index in [0.717, 1.165) is 5.56 Å². The lowest BCUT2D eigenvalue weighted by molar-refractivity contribution is -0.129. The number of amides is 2. The molecule has 0 saturated carbocycles. The highest BCUT2D eigenvalue weighted by atomic mass is 35.5. The van der Waals surface area contributed by atoms with Crippen molar-refractivity contribution in [3.8, 4) is 11.5 Å². The van der Waals surface area contributed by atoms with E-state index in [9.17, 15) is 9.59 Å². The van der Waals surface area contributed by atoms with Crippen molar-refractivity contribution >= 4 is 24.2 Å². The summed E-state index contributed by atoms with van der Waals surface area (Å²) < 4.78 is 10.5. The van der Waals surface area contributed by atoms with Gasteiger partial charge in [-0.2, -0.15) is 0 Å². The Hall–Kier alpha value is -1.99. The zero-order chi connectivity index (χ0) is 19.3. The smallest absolute Gasteiger partial charge is 0.225 e. The van der Waals surface area contributed by atoms with Crippen LogP contribution in [0, 0.1) is 5.92 Å². The number of benzene rings is 1. The number of carbonyl (C=O) groups excluding carboxylic acids is 2. The Bertz CT molecular complexity index is 661. The van der Waals surface area contributed by atoms with Crippen molar-refractivity contribution < 1.29 is 19.1 Å². The Balaban J connectivity index is 0.00000364. The largest absolute Gasteiger partial charge is 0.493 e. The third-order valence-electron chi connectivity index (χ3n) is 4.42. The number of hydrogen-bond donors (Lipinski definition) is 2. The van der Waals surface area contributed by atoms with Crippen LogP contribution in [0.15, 0.2) is 18.2 Å². The first kappa shape index (κ1) is 23.0. The molecule has 1 aliphatic rings. The van der Waals surface area contributed by atoms with Crippen LogP contribution in [0.3, 0.4) is 0 Å². The van der Waals surface area contributed by atoms with Gasteiger partial charge < -0.3 is 25.4 Å². The van der Waals surface area contributed by atoms with E-state index in [1.54, 1.807) is 19.1 Å². The summed E-state index contributed by atoms with van der Waals surface area (Å²) in [6, 6.07) is 5.72. The molecule has 2 amide bonds. The quantitative estimate of drug-likeness (QED) is 0.688. The summed E-state index contributed by atoms with van der Waals surface area (Å²) in [6.07, 6.45) is 0.943. The Labute approximate surface area is 167 Å². The minimum atomic E-state index is -0.467. The molecule has 0 bridgehead atoms. The number of nitrogens with zero attached hydrogens (tertiary/aromatic N) is 1. The van der Waals surface area contributed by atoms with Crippen molar-refractivity contribution in [2.75, 3.05) is 33.9 Å². The normalized spacial score (nSPS) is 16.7. The summed E-state index contributed by atoms with van der Waals surface area (Å²) in [6.45, 7) is 5.11. The van der Waals surface area contributed by atoms with E-state index in [1.807, 2.05) is 32.0 Å². The second-order valence-electron chi connectivity index (χ2n) is 7.39. The van der Waals surface area contributed by atoms with Gasteiger partial charge in [-0.3, -0.25) is 9.59 Å². The lowest BCUT2D eigenvalue weighted by atomic mass is 10.1. The molecule has 1 aromatic rings. The van der Waals surface area contributed by atoms with Gasteiger partial charge in [0.1, 0.15) is 0 Å². The number of ether oxygens (including phenoxy) is 2. The molecule has 1 aromatic carbocycles. The minimum absolute atomic E-state index is 0. The molecular weight excluding hydrogens is 370 g/mol. The van der Waals surface area contributed by atoms with Gasteiger partial charge in [-0.05, 0) is 38.0 Å². The molecule has 0 aliphatic carbocycles. The second kappa shape index (κ2) is 9.80. The Kier molecular flexibility index (Phi) is 8.37. The Morgan fingerprint density at radius 2 is 1.96 bits per heavy atom. The number of hydrogen-bond acceptors (Lipinski definition) is 5. The summed E-state index contributed by atoms with van der Waals surface area (Å²) >= 11 is 0. The molecule has 1 unspecified atom stereocenters. The van der Waals surface area contributed by atoms with Crippen molar-refractivity contribution in [1.29, 1.82) is 0 Å². The molecular formula is C19H30ClN3O4. The van der Waals surface area contributed by atoms with Gasteiger partial charge in [0.15, 0.2) is 11.5 Å². The van der Waals surface area contributed by atoms with Gasteiger partial charge in [-0.15, -0.1) is 12.4 Å². The zero-order valence-corrected chi connectivity index (χ0v) is 17.2. The molecule has 27 heavy (non-hydrogen) atoms. The Morgan fingerprint density at radius 3 is 2.56 bits per heavy atom. The molecule has 0 radical (unpaired) electrons. The summed E-state index contributed by atoms with van der Waals surface area (Å²) in [5.41, 5.74) is 6.46. The van der Waals surface area contributed by atoms with Gasteiger partial charge in [-0.1, -0.05) is 6.07 Å². The van der Waals surface area contributed by atoms with E-state index in [0.29, 0.717) is 37.6 Å². The van der Waals surface area contributed by atoms with Gasteiger partial charge in [-0.25, -0.2) is 0 Å². The SMILES string of the molecule is COc1ccc(CCN2CC(C(=O)NCC(C)(C)N)CC2=O)cc1OC.Cl. The van der Waals surface area contributed by atoms with Crippen LogP contribution in [0.25, 0.3) is 0 Å². The summed E-state index contributed by atoms with van der Waals surface area (Å²) in [5, 5.41) is 2.83. The van der Waals surface area contributed by atoms with Crippen LogP contribution in [0.5, 0.6) is 11.5 Å². The summed E-state index contributed by atoms with van der Waals surface area (Å²) in [4.78, 5) is 26.2. The molecule has 1 heterocycles. The molecule has 8 heteroatoms. The highest BCUT2D eigenvalue weighted by Crippen LogP contribution is 2.28. The number of nitrogens with one attached hydrogen (secondary N) is 1. The van der Waals surface area contributed by atoms with E-state index in [1.165, 1.54) is 0 Å². The molecule has 1 aliphatic heterocycles. The number of carbonyl (C=O) groups is 2. The average Bonchev–Trinajstić information content (AvgIpc) is 2.97. The van der Waals surface area contributed by atoms with Gasteiger partial charge in [0, 0.05) is 31.6 Å². The van der Waals surface area contributed by atoms with Crippen LogP contribution in [0.4, 0.5) is 0 Å². The molecule has 152 valence electrons. The lowest BCUT2D eigenvalue weighted by Gasteiger charge is -2.21. The third-order valence-corrected chi connectivity index (χ3v) is 4.42. The second-order valence-corrected chi connectivity index (χ2v) is 7.39. The fraction of sp³-hybridized carbons (Fsp3) is 0.579. The third kappa shape index (κ3) is 6.59. The van der Waals surface area contributed by atoms with Crippen molar-refractivity contribution in [3.05, 3.63) is 23.8 Å². The summed E-state index contributed by atoms with van der Waals surface area (Å²) in [5.74, 6) is 0.936. The maximum atomic E-state index is 12.2. The number of nitrogens with two attached hydrogens (primary N) is 1. The molecule has 3 N–H and O–H groups in total. The maximum Gasteiger partial charge on any atom is 0.225 e. The molecule has 2 rings (SSSR count). The molecule has 1 fully saturated rings. The highest BCUT2D eigenvalue weighted by Gasteiger charge is 2.34. The van der Waals surface area contributed by atoms with Crippen molar-refractivity contribution in [2.45, 2.75) is 32.2 Å². The fourth-order valence-electron chi connectivity index (χ4n) is 2.92. The van der Waals surface area contributed by atoms with Crippen LogP contribution in [0.1, 0.15) is 25.8 Å². The molecule has 0 spiro atoms. The fourth-order valence-corrected chi connectivity index (χ4v) is 2.92. The van der Waals surface area contributed by atoms with Crippen LogP contribution in [0.2, 0.25) is 0 Å². The standard InChI is InChI=1S/C19H29N3O4.ClH/c1-19(2,20)12-21-18(24)14-10-17(23)22(11-14)8-7-13-5-6-15(25-3)16(9-13)26-4;/h5-6,9,14H,7-8,10-12,20H2,1-4H3,(H,21,24);1H. The minimum Gasteiger partial charge on any atom is -0.493 e. The Morgan fingerprint density at radius 1 is 1.30 bits per heavy atom. The van der Waals surface area contributed by atoms with Crippen LogP contribution in [-0.2, 0) is 16.0 Å². The predicted molar refractivity (Wildman–Crippen MR) is 106 cm³/mol. The number of likely N-dealkylation sites (tertiary alicyclic amines) is 1. The van der Waals surface area contributed by atoms with Crippen LogP contribution >= 0.6 is 12.4 Å². The number of halogens is 1. The summed E-state index contributed by atoms with van der Waals surface area (Å²) in [7, 11) is 3.19. The number of rotatable bonds is 8. The van der Waals surface area contributed by atoms with E-state index in [4.69, 9.17) is 15.2 Å². The monoisotopic (exact) mass is 399 g/mol. The highest BCUT2D eigenvalue weighted by molar-refractivity contribution is 5.89. The molecule has 0 aromatic heterocycles. The average molecular weight is 400 g/mol. The first-order valence-corrected chi connectivity index (χ1v) is 8.79. The van der Waals surface area contributed by atoms with Crippen LogP contribution in [-0.4, -0.2) is 56.1 Å². The van der Waals surface area contributed by atoms with Gasteiger partial charge in [0.25, 0.3) is 0 Å². The first-order valence-electron chi connectivity index (χ1n) is 8.79. The maximum absolute atomic E-state index is 12.2. The van der Waals surface area contributed by atoms with Crippen molar-refractivity contribution in [2.24, 2.45) is 11.7 Å². The number of methoxy groups -OCH3 is 2. The molecule has 1 atom stereocenters. The van der Waals surface area contributed by atoms with E-state index >= 15 is 0 Å². The van der Waals surface area contributed by atoms with Gasteiger partial charge in [0.2, 0.25) is 11.8 Å². The van der Waals surface area contributed by atoms with Crippen LogP contribution < -0.4 is 20.5 Å². The molecule has 7 nitrogen and oxygen atoms in total. The first-order chi connectivity index (χ1) is 12.2.